The van der Waals surface area contributed by atoms with Gasteiger partial charge in [-0.3, -0.25) is 0 Å². The third-order valence-corrected chi connectivity index (χ3v) is 6.08. The van der Waals surface area contributed by atoms with Crippen LogP contribution in [0.3, 0.4) is 0 Å². The Kier molecular flexibility index (Phi) is 5.45. The van der Waals surface area contributed by atoms with Crippen LogP contribution >= 0.6 is 0 Å². The van der Waals surface area contributed by atoms with Crippen molar-refractivity contribution in [1.82, 2.24) is 0 Å². The van der Waals surface area contributed by atoms with Gasteiger partial charge < -0.3 is 15.7 Å². The normalized spacial score (nSPS) is 16.6. The van der Waals surface area contributed by atoms with E-state index in [2.05, 4.69) is 72.5 Å². The molecule has 1 aliphatic heterocycles. The Morgan fingerprint density at radius 1 is 0.697 bits per heavy atom. The highest BCUT2D eigenvalue weighted by Crippen LogP contribution is 2.38. The Morgan fingerprint density at radius 2 is 1.42 bits per heavy atom. The molecule has 0 aromatic heterocycles. The summed E-state index contributed by atoms with van der Waals surface area (Å²) in [5, 5.41) is 10.3. The van der Waals surface area contributed by atoms with E-state index in [1.54, 1.807) is 6.07 Å². The first-order chi connectivity index (χ1) is 16.1. The molecule has 0 bridgehead atoms. The predicted octanol–water partition coefficient (Wildman–Crippen LogP) is 7.12. The zero-order valence-corrected chi connectivity index (χ0v) is 18.6. The van der Waals surface area contributed by atoms with Crippen LogP contribution in [0.5, 0.6) is 5.75 Å². The SMILES string of the molecule is C/C1=C\C=C(\N)CN(c2ccccc2)c2ccc(-c3cccc(-c4ccccc4O)c3)cc21. The number of anilines is 2. The lowest BCUT2D eigenvalue weighted by Crippen LogP contribution is -2.25. The second kappa shape index (κ2) is 8.71. The van der Waals surface area contributed by atoms with Crippen molar-refractivity contribution in [3.63, 3.8) is 0 Å². The summed E-state index contributed by atoms with van der Waals surface area (Å²) in [5.41, 5.74) is 15.8. The van der Waals surface area contributed by atoms with Gasteiger partial charge in [0.1, 0.15) is 5.75 Å². The van der Waals surface area contributed by atoms with Crippen LogP contribution in [0.2, 0.25) is 0 Å². The first kappa shape index (κ1) is 20.7. The number of para-hydroxylation sites is 2. The van der Waals surface area contributed by atoms with Gasteiger partial charge in [0.25, 0.3) is 0 Å². The summed E-state index contributed by atoms with van der Waals surface area (Å²) >= 11 is 0. The molecule has 4 aromatic carbocycles. The number of benzene rings is 4. The monoisotopic (exact) mass is 430 g/mol. The minimum absolute atomic E-state index is 0.287. The van der Waals surface area contributed by atoms with Crippen molar-refractivity contribution in [3.8, 4) is 28.0 Å². The summed E-state index contributed by atoms with van der Waals surface area (Å²) in [6.45, 7) is 2.75. The number of nitrogens with two attached hydrogens (primary N) is 1. The predicted molar refractivity (Wildman–Crippen MR) is 138 cm³/mol. The number of allylic oxidation sites excluding steroid dienone is 3. The fourth-order valence-corrected chi connectivity index (χ4v) is 4.33. The number of rotatable bonds is 3. The Bertz CT molecular complexity index is 1370. The molecule has 5 rings (SSSR count). The molecule has 0 aliphatic carbocycles. The Balaban J connectivity index is 1.62. The molecule has 0 amide bonds. The van der Waals surface area contributed by atoms with Gasteiger partial charge in [-0.05, 0) is 71.7 Å². The van der Waals surface area contributed by atoms with Gasteiger partial charge in [0.05, 0.1) is 6.54 Å². The van der Waals surface area contributed by atoms with Crippen molar-refractivity contribution in [3.05, 3.63) is 120 Å². The van der Waals surface area contributed by atoms with E-state index in [9.17, 15) is 5.11 Å². The van der Waals surface area contributed by atoms with Crippen molar-refractivity contribution in [2.24, 2.45) is 5.73 Å². The van der Waals surface area contributed by atoms with Crippen molar-refractivity contribution in [2.45, 2.75) is 6.92 Å². The molecule has 1 heterocycles. The van der Waals surface area contributed by atoms with Gasteiger partial charge >= 0.3 is 0 Å². The van der Waals surface area contributed by atoms with Crippen LogP contribution in [0.1, 0.15) is 12.5 Å². The van der Waals surface area contributed by atoms with E-state index < -0.39 is 0 Å². The molecule has 0 unspecified atom stereocenters. The van der Waals surface area contributed by atoms with Crippen LogP contribution in [0.25, 0.3) is 27.8 Å². The van der Waals surface area contributed by atoms with Crippen molar-refractivity contribution < 1.29 is 5.11 Å². The molecule has 0 saturated heterocycles. The topological polar surface area (TPSA) is 49.5 Å². The Hall–Kier alpha value is -4.24. The highest BCUT2D eigenvalue weighted by molar-refractivity contribution is 5.86. The fraction of sp³-hybridized carbons (Fsp3) is 0.0667. The zero-order valence-electron chi connectivity index (χ0n) is 18.6. The van der Waals surface area contributed by atoms with Gasteiger partial charge in [-0.1, -0.05) is 66.7 Å². The summed E-state index contributed by atoms with van der Waals surface area (Å²) in [5.74, 6) is 0.287. The molecule has 0 radical (unpaired) electrons. The van der Waals surface area contributed by atoms with Gasteiger partial charge in [0, 0.05) is 28.2 Å². The number of hydrogen-bond acceptors (Lipinski definition) is 3. The van der Waals surface area contributed by atoms with E-state index in [1.165, 1.54) is 5.56 Å². The second-order valence-electron chi connectivity index (χ2n) is 8.34. The van der Waals surface area contributed by atoms with Gasteiger partial charge in [0.15, 0.2) is 0 Å². The largest absolute Gasteiger partial charge is 0.507 e. The van der Waals surface area contributed by atoms with Crippen LogP contribution in [0, 0.1) is 0 Å². The Morgan fingerprint density at radius 3 is 2.24 bits per heavy atom. The molecular weight excluding hydrogens is 404 g/mol. The first-order valence-electron chi connectivity index (χ1n) is 11.1. The summed E-state index contributed by atoms with van der Waals surface area (Å²) < 4.78 is 0. The first-order valence-corrected chi connectivity index (χ1v) is 11.1. The van der Waals surface area contributed by atoms with Crippen LogP contribution in [0.4, 0.5) is 11.4 Å². The van der Waals surface area contributed by atoms with Crippen LogP contribution in [-0.4, -0.2) is 11.7 Å². The maximum atomic E-state index is 10.3. The van der Waals surface area contributed by atoms with E-state index in [0.29, 0.717) is 6.54 Å². The van der Waals surface area contributed by atoms with E-state index in [4.69, 9.17) is 5.73 Å². The minimum Gasteiger partial charge on any atom is -0.507 e. The lowest BCUT2D eigenvalue weighted by Gasteiger charge is -2.29. The lowest BCUT2D eigenvalue weighted by molar-refractivity contribution is 0.477. The van der Waals surface area contributed by atoms with E-state index in [-0.39, 0.29) is 5.75 Å². The molecule has 33 heavy (non-hydrogen) atoms. The Labute approximate surface area is 194 Å². The van der Waals surface area contributed by atoms with E-state index in [0.717, 1.165) is 44.9 Å². The van der Waals surface area contributed by atoms with Crippen molar-refractivity contribution in [2.75, 3.05) is 11.4 Å². The van der Waals surface area contributed by atoms with Crippen molar-refractivity contribution >= 4 is 16.9 Å². The average molecular weight is 431 g/mol. The summed E-state index contributed by atoms with van der Waals surface area (Å²) in [7, 11) is 0. The fourth-order valence-electron chi connectivity index (χ4n) is 4.33. The molecule has 162 valence electrons. The second-order valence-corrected chi connectivity index (χ2v) is 8.34. The average Bonchev–Trinajstić information content (AvgIpc) is 2.86. The number of phenols is 1. The highest BCUT2D eigenvalue weighted by Gasteiger charge is 2.18. The molecule has 0 atom stereocenters. The number of nitrogens with zero attached hydrogens (tertiary/aromatic N) is 1. The van der Waals surface area contributed by atoms with Crippen LogP contribution in [0.15, 0.2) is 115 Å². The third-order valence-electron chi connectivity index (χ3n) is 6.08. The van der Waals surface area contributed by atoms with Crippen LogP contribution in [-0.2, 0) is 0 Å². The number of fused-ring (bicyclic) bond motifs is 1. The molecule has 1 aliphatic rings. The quantitative estimate of drug-likeness (QED) is 0.364. The summed E-state index contributed by atoms with van der Waals surface area (Å²) in [6, 6.07) is 32.7. The molecular formula is C30H26N2O. The van der Waals surface area contributed by atoms with Gasteiger partial charge in [-0.25, -0.2) is 0 Å². The zero-order chi connectivity index (χ0) is 22.8. The van der Waals surface area contributed by atoms with E-state index in [1.807, 2.05) is 42.5 Å². The standard InChI is InChI=1S/C30H26N2O/c1-21-14-16-25(31)20-32(26-10-3-2-4-11-26)29-17-15-23(19-28(21)29)22-8-7-9-24(18-22)27-12-5-6-13-30(27)33/h2-19,33H,20,31H2,1H3/b21-14+,25-16+. The molecule has 0 spiro atoms. The number of aromatic hydroxyl groups is 1. The smallest absolute Gasteiger partial charge is 0.123 e. The minimum atomic E-state index is 0.287. The number of phenolic OH excluding ortho intramolecular Hbond substituents is 1. The molecule has 3 heteroatoms. The van der Waals surface area contributed by atoms with Gasteiger partial charge in [-0.2, -0.15) is 0 Å². The highest BCUT2D eigenvalue weighted by atomic mass is 16.3. The lowest BCUT2D eigenvalue weighted by atomic mass is 9.94. The van der Waals surface area contributed by atoms with Crippen LogP contribution < -0.4 is 10.6 Å². The molecule has 0 fully saturated rings. The molecule has 0 saturated carbocycles. The van der Waals surface area contributed by atoms with E-state index >= 15 is 0 Å². The summed E-state index contributed by atoms with van der Waals surface area (Å²) in [6.07, 6.45) is 4.10. The molecule has 3 nitrogen and oxygen atoms in total. The molecule has 3 N–H and O–H groups in total. The maximum absolute atomic E-state index is 10.3. The molecule has 4 aromatic rings. The maximum Gasteiger partial charge on any atom is 0.123 e. The van der Waals surface area contributed by atoms with Gasteiger partial charge in [-0.15, -0.1) is 0 Å². The van der Waals surface area contributed by atoms with Crippen molar-refractivity contribution in [1.29, 1.82) is 0 Å². The number of hydrogen-bond donors (Lipinski definition) is 2. The summed E-state index contributed by atoms with van der Waals surface area (Å²) in [4.78, 5) is 2.26. The third kappa shape index (κ3) is 4.13. The van der Waals surface area contributed by atoms with Gasteiger partial charge in [0.2, 0.25) is 0 Å².